The number of imide groups is 1. The number of anilines is 5. The number of ether oxygens (including phenoxy) is 1. The minimum absolute atomic E-state index is 0.178. The van der Waals surface area contributed by atoms with E-state index in [2.05, 4.69) is 66.5 Å². The van der Waals surface area contributed by atoms with Gasteiger partial charge in [0, 0.05) is 99.4 Å². The number of carbonyl (C=O) groups excluding carboxylic acids is 3. The molecule has 1 atom stereocenters. The van der Waals surface area contributed by atoms with Crippen LogP contribution in [-0.4, -0.2) is 121 Å². The molecule has 4 aliphatic rings. The van der Waals surface area contributed by atoms with Crippen molar-refractivity contribution in [1.82, 2.24) is 30.0 Å². The maximum Gasteiger partial charge on any atom is 0.255 e. The number of amides is 3. The SMILES string of the molecule is CCCc1cc(Nc2ncc(Cl)c(Nc3ccccc3P(C)(C)=O)n2)c(OC)cc1N1CCC(N2CCN(CCC#Cc3cccc4c3CN(C3CCC(=O)NC3=O)C4=O)CC2)CC1. The lowest BCUT2D eigenvalue weighted by molar-refractivity contribution is -0.136. The Balaban J connectivity index is 0.839. The molecule has 0 spiro atoms. The van der Waals surface area contributed by atoms with E-state index in [9.17, 15) is 18.9 Å². The lowest BCUT2D eigenvalue weighted by Crippen LogP contribution is -2.53. The number of methoxy groups -OCH3 is 1. The number of piperidine rings is 2. The highest BCUT2D eigenvalue weighted by atomic mass is 35.5. The first-order valence-corrected chi connectivity index (χ1v) is 25.3. The van der Waals surface area contributed by atoms with Crippen LogP contribution < -0.4 is 30.9 Å². The molecule has 1 aromatic heterocycles. The molecule has 14 nitrogen and oxygen atoms in total. The first-order valence-electron chi connectivity index (χ1n) is 22.3. The summed E-state index contributed by atoms with van der Waals surface area (Å²) >= 11 is 6.55. The number of aromatic nitrogens is 2. The Labute approximate surface area is 380 Å². The van der Waals surface area contributed by atoms with Crippen LogP contribution in [0.4, 0.5) is 28.8 Å². The van der Waals surface area contributed by atoms with Crippen LogP contribution >= 0.6 is 18.7 Å². The quantitative estimate of drug-likeness (QED) is 0.0752. The number of hydrogen-bond acceptors (Lipinski definition) is 12. The largest absolute Gasteiger partial charge is 0.494 e. The Kier molecular flexibility index (Phi) is 13.9. The van der Waals surface area contributed by atoms with E-state index in [-0.39, 0.29) is 18.2 Å². The Hall–Kier alpha value is -5.45. The number of carbonyl (C=O) groups is 3. The summed E-state index contributed by atoms with van der Waals surface area (Å²) < 4.78 is 18.9. The van der Waals surface area contributed by atoms with Crippen LogP contribution in [0.25, 0.3) is 0 Å². The average Bonchev–Trinajstić information content (AvgIpc) is 3.62. The molecule has 0 bridgehead atoms. The molecule has 5 heterocycles. The van der Waals surface area contributed by atoms with E-state index in [1.54, 1.807) is 37.6 Å². The second-order valence-electron chi connectivity index (χ2n) is 17.3. The van der Waals surface area contributed by atoms with E-state index in [0.717, 1.165) is 100 Å². The third kappa shape index (κ3) is 10.1. The Morgan fingerprint density at radius 2 is 1.73 bits per heavy atom. The Bertz CT molecular complexity index is 2520. The van der Waals surface area contributed by atoms with Crippen molar-refractivity contribution in [2.75, 3.05) is 81.8 Å². The third-order valence-corrected chi connectivity index (χ3v) is 14.6. The van der Waals surface area contributed by atoms with Crippen molar-refractivity contribution in [2.24, 2.45) is 0 Å². The number of aryl methyl sites for hydroxylation is 1. The summed E-state index contributed by atoms with van der Waals surface area (Å²) in [5.41, 5.74) is 6.17. The number of piperazine rings is 1. The molecule has 64 heavy (non-hydrogen) atoms. The lowest BCUT2D eigenvalue weighted by atomic mass is 9.99. The van der Waals surface area contributed by atoms with Gasteiger partial charge in [-0.05, 0) is 80.5 Å². The fraction of sp³-hybridized carbons (Fsp3) is 0.438. The van der Waals surface area contributed by atoms with Crippen LogP contribution in [0.1, 0.15) is 72.5 Å². The fourth-order valence-electron chi connectivity index (χ4n) is 9.35. The normalized spacial score (nSPS) is 18.6. The van der Waals surface area contributed by atoms with Gasteiger partial charge in [0.15, 0.2) is 5.82 Å². The zero-order chi connectivity index (χ0) is 45.0. The summed E-state index contributed by atoms with van der Waals surface area (Å²) in [6, 6.07) is 17.3. The van der Waals surface area contributed by atoms with E-state index in [0.29, 0.717) is 52.8 Å². The summed E-state index contributed by atoms with van der Waals surface area (Å²) in [5, 5.41) is 10.1. The number of fused-ring (bicyclic) bond motifs is 1. The van der Waals surface area contributed by atoms with Crippen molar-refractivity contribution < 1.29 is 23.7 Å². The highest BCUT2D eigenvalue weighted by molar-refractivity contribution is 7.70. The highest BCUT2D eigenvalue weighted by Crippen LogP contribution is 2.40. The van der Waals surface area contributed by atoms with Gasteiger partial charge in [-0.3, -0.25) is 29.5 Å². The van der Waals surface area contributed by atoms with Crippen molar-refractivity contribution in [1.29, 1.82) is 0 Å². The lowest BCUT2D eigenvalue weighted by Gasteiger charge is -2.43. The van der Waals surface area contributed by atoms with Crippen molar-refractivity contribution in [3.05, 3.63) is 88.1 Å². The van der Waals surface area contributed by atoms with Crippen molar-refractivity contribution in [3.63, 3.8) is 0 Å². The zero-order valence-corrected chi connectivity index (χ0v) is 38.7. The number of nitrogens with one attached hydrogen (secondary N) is 3. The van der Waals surface area contributed by atoms with Crippen LogP contribution in [0.2, 0.25) is 5.02 Å². The summed E-state index contributed by atoms with van der Waals surface area (Å²) in [7, 11) is -0.879. The van der Waals surface area contributed by atoms with Gasteiger partial charge in [-0.25, -0.2) is 4.98 Å². The molecule has 3 fully saturated rings. The minimum atomic E-state index is -2.56. The van der Waals surface area contributed by atoms with E-state index in [1.165, 1.54) is 11.3 Å². The molecule has 1 unspecified atom stereocenters. The first-order chi connectivity index (χ1) is 30.9. The molecule has 16 heteroatoms. The van der Waals surface area contributed by atoms with Gasteiger partial charge in [0.2, 0.25) is 17.8 Å². The highest BCUT2D eigenvalue weighted by Gasteiger charge is 2.40. The van der Waals surface area contributed by atoms with Gasteiger partial charge >= 0.3 is 0 Å². The van der Waals surface area contributed by atoms with Crippen LogP contribution in [0.15, 0.2) is 60.8 Å². The second-order valence-corrected chi connectivity index (χ2v) is 20.9. The van der Waals surface area contributed by atoms with Gasteiger partial charge in [0.05, 0.1) is 24.7 Å². The molecule has 4 aromatic rings. The molecule has 0 saturated carbocycles. The van der Waals surface area contributed by atoms with Gasteiger partial charge in [0.25, 0.3) is 5.91 Å². The number of halogens is 1. The number of nitrogens with zero attached hydrogens (tertiary/aromatic N) is 6. The summed E-state index contributed by atoms with van der Waals surface area (Å²) in [6.45, 7) is 12.9. The predicted molar refractivity (Wildman–Crippen MR) is 253 cm³/mol. The smallest absolute Gasteiger partial charge is 0.255 e. The van der Waals surface area contributed by atoms with Crippen molar-refractivity contribution in [3.8, 4) is 17.6 Å². The molecular weight excluding hydrogens is 849 g/mol. The molecule has 0 radical (unpaired) electrons. The van der Waals surface area contributed by atoms with Crippen LogP contribution in [0.5, 0.6) is 5.75 Å². The number of para-hydroxylation sites is 1. The molecule has 4 aliphatic heterocycles. The van der Waals surface area contributed by atoms with Crippen molar-refractivity contribution in [2.45, 2.75) is 70.5 Å². The standard InChI is InChI=1S/C48H57ClN9O5P/c1-5-11-33-28-39(52-48-50-30-37(49)45(54-48)51-38-15-6-7-16-43(38)64(3,4)62)42(63-2)29-41(33)57-22-19-34(20-23-57)56-26-24-55(25-27-56)21-9-8-12-32-13-10-14-35-36(32)31-58(47(35)61)40-17-18-44(59)53-46(40)60/h6-7,10,13-16,28-30,34,40H,5,9,11,17-27,31H2,1-4H3,(H,53,59,60)(H2,50,51,52,54). The predicted octanol–water partition coefficient (Wildman–Crippen LogP) is 6.62. The van der Waals surface area contributed by atoms with E-state index >= 15 is 0 Å². The van der Waals surface area contributed by atoms with Gasteiger partial charge in [0.1, 0.15) is 24.0 Å². The molecule has 3 amide bonds. The molecule has 3 aromatic carbocycles. The van der Waals surface area contributed by atoms with Crippen molar-refractivity contribution >= 4 is 70.6 Å². The minimum Gasteiger partial charge on any atom is -0.494 e. The zero-order valence-electron chi connectivity index (χ0n) is 37.1. The molecule has 8 rings (SSSR count). The summed E-state index contributed by atoms with van der Waals surface area (Å²) in [5.74, 6) is 7.27. The third-order valence-electron chi connectivity index (χ3n) is 12.7. The number of benzene rings is 3. The molecular formula is C48H57ClN9O5P. The molecule has 336 valence electrons. The summed E-state index contributed by atoms with van der Waals surface area (Å²) in [4.78, 5) is 55.8. The molecule has 3 N–H and O–H groups in total. The maximum atomic E-state index is 13.2. The average molecular weight is 906 g/mol. The fourth-order valence-corrected chi connectivity index (χ4v) is 10.6. The van der Waals surface area contributed by atoms with Gasteiger partial charge < -0.3 is 29.7 Å². The van der Waals surface area contributed by atoms with Gasteiger partial charge in [-0.2, -0.15) is 4.98 Å². The first kappa shape index (κ1) is 45.1. The molecule has 3 saturated heterocycles. The van der Waals surface area contributed by atoms with Gasteiger partial charge in [-0.1, -0.05) is 55.0 Å². The summed E-state index contributed by atoms with van der Waals surface area (Å²) in [6.07, 6.45) is 6.94. The van der Waals surface area contributed by atoms with Crippen LogP contribution in [0.3, 0.4) is 0 Å². The van der Waals surface area contributed by atoms with E-state index in [4.69, 9.17) is 21.3 Å². The second kappa shape index (κ2) is 19.7. The Morgan fingerprint density at radius 1 is 0.953 bits per heavy atom. The molecule has 0 aliphatic carbocycles. The van der Waals surface area contributed by atoms with E-state index < -0.39 is 19.1 Å². The number of rotatable bonds is 13. The Morgan fingerprint density at radius 3 is 2.47 bits per heavy atom. The maximum absolute atomic E-state index is 13.2. The topological polar surface area (TPSA) is 152 Å². The van der Waals surface area contributed by atoms with Crippen LogP contribution in [-0.2, 0) is 27.1 Å². The van der Waals surface area contributed by atoms with Gasteiger partial charge in [-0.15, -0.1) is 0 Å². The van der Waals surface area contributed by atoms with E-state index in [1.807, 2.05) is 36.4 Å². The van der Waals surface area contributed by atoms with Crippen LogP contribution in [0, 0.1) is 11.8 Å². The number of hydrogen-bond donors (Lipinski definition) is 3. The monoisotopic (exact) mass is 905 g/mol.